The van der Waals surface area contributed by atoms with Crippen LogP contribution >= 0.6 is 15.9 Å². The third-order valence-electron chi connectivity index (χ3n) is 10.5. The van der Waals surface area contributed by atoms with Crippen molar-refractivity contribution in [3.8, 4) is 28.1 Å². The van der Waals surface area contributed by atoms with Crippen LogP contribution < -0.4 is 4.74 Å². The van der Waals surface area contributed by atoms with E-state index in [2.05, 4.69) is 140 Å². The zero-order chi connectivity index (χ0) is 38.2. The first-order valence-corrected chi connectivity index (χ1v) is 19.0. The Hall–Kier alpha value is -3.31. The number of carbonyl (C=O) groups excluding carboxylic acids is 2. The first-order valence-electron chi connectivity index (χ1n) is 17.9. The van der Waals surface area contributed by atoms with Gasteiger partial charge in [-0.15, -0.1) is 0 Å². The van der Waals surface area contributed by atoms with Gasteiger partial charge >= 0.3 is 28.3 Å². The zero-order valence-electron chi connectivity index (χ0n) is 32.1. The summed E-state index contributed by atoms with van der Waals surface area (Å²) in [7, 11) is 0. The molecular formula is C45H47Ag2BrNO6. The second-order valence-electron chi connectivity index (χ2n) is 13.7. The first-order chi connectivity index (χ1) is 25.6. The van der Waals surface area contributed by atoms with E-state index in [1.54, 1.807) is 0 Å². The summed E-state index contributed by atoms with van der Waals surface area (Å²) in [6, 6.07) is 27.9. The van der Waals surface area contributed by atoms with Crippen LogP contribution in [0.5, 0.6) is 5.88 Å². The van der Waals surface area contributed by atoms with Gasteiger partial charge in [-0.1, -0.05) is 88.7 Å². The maximum Gasteiger partial charge on any atom is 1.00 e. The number of pyridine rings is 1. The molecule has 0 bridgehead atoms. The molecule has 0 aliphatic heterocycles. The van der Waals surface area contributed by atoms with E-state index < -0.39 is 0 Å². The molecule has 0 saturated heterocycles. The van der Waals surface area contributed by atoms with E-state index in [9.17, 15) is 4.79 Å². The molecule has 297 valence electrons. The molecule has 7 nitrogen and oxygen atoms in total. The molecule has 1 heterocycles. The number of hydrogen-bond acceptors (Lipinski definition) is 7. The molecule has 0 spiro atoms. The van der Waals surface area contributed by atoms with Crippen LogP contribution in [0.1, 0.15) is 68.5 Å². The van der Waals surface area contributed by atoms with E-state index >= 15 is 0 Å². The number of aromatic nitrogens is 1. The number of nitrogens with zero attached hydrogens (tertiary/aromatic N) is 1. The molecule has 4 aromatic carbocycles. The van der Waals surface area contributed by atoms with Crippen LogP contribution in [0.4, 0.5) is 0 Å². The van der Waals surface area contributed by atoms with Gasteiger partial charge < -0.3 is 19.2 Å². The molecule has 55 heavy (non-hydrogen) atoms. The molecule has 3 atom stereocenters. The second-order valence-corrected chi connectivity index (χ2v) is 14.3. The third kappa shape index (κ3) is 10.6. The number of rotatable bonds is 9. The zero-order valence-corrected chi connectivity index (χ0v) is 36.6. The first kappa shape index (κ1) is 46.1. The summed E-state index contributed by atoms with van der Waals surface area (Å²) >= 11 is 3.55. The van der Waals surface area contributed by atoms with Gasteiger partial charge in [0.2, 0.25) is 5.88 Å². The van der Waals surface area contributed by atoms with Crippen LogP contribution in [-0.4, -0.2) is 29.3 Å². The fourth-order valence-corrected chi connectivity index (χ4v) is 8.35. The summed E-state index contributed by atoms with van der Waals surface area (Å²) in [5.41, 5.74) is 18.2. The number of carbonyl (C=O) groups is 1. The topological polar surface area (TPSA) is 95.0 Å². The van der Waals surface area contributed by atoms with Crippen molar-refractivity contribution in [3.05, 3.63) is 141 Å². The number of benzene rings is 4. The molecule has 1 radical (unpaired) electrons. The van der Waals surface area contributed by atoms with Crippen LogP contribution in [0.2, 0.25) is 0 Å². The van der Waals surface area contributed by atoms with E-state index in [-0.39, 0.29) is 62.6 Å². The molecule has 1 N–H and O–H groups in total. The van der Waals surface area contributed by atoms with E-state index in [1.165, 1.54) is 72.3 Å². The number of halogens is 1. The molecule has 1 saturated carbocycles. The van der Waals surface area contributed by atoms with Crippen molar-refractivity contribution in [2.24, 2.45) is 11.8 Å². The van der Waals surface area contributed by atoms with Crippen LogP contribution in [0.25, 0.3) is 22.3 Å². The monoisotopic (exact) mass is 990 g/mol. The minimum absolute atomic E-state index is 0. The Bertz CT molecular complexity index is 2060. The van der Waals surface area contributed by atoms with Crippen molar-refractivity contribution >= 4 is 28.4 Å². The van der Waals surface area contributed by atoms with Gasteiger partial charge in [-0.2, -0.15) is 0 Å². The average molecular weight is 994 g/mol. The Labute approximate surface area is 364 Å². The van der Waals surface area contributed by atoms with Gasteiger partial charge in [-0.05, 0) is 145 Å². The predicted molar refractivity (Wildman–Crippen MR) is 213 cm³/mol. The van der Waals surface area contributed by atoms with Gasteiger partial charge in [-0.25, -0.2) is 10.2 Å². The number of fused-ring (bicyclic) bond motifs is 3. The van der Waals surface area contributed by atoms with Crippen molar-refractivity contribution in [2.45, 2.75) is 72.7 Å². The number of hydrogen-bond donors (Lipinski definition) is 1. The van der Waals surface area contributed by atoms with Crippen molar-refractivity contribution < 1.29 is 74.0 Å². The van der Waals surface area contributed by atoms with Gasteiger partial charge in [0.15, 0.2) is 0 Å². The molecular weight excluding hydrogens is 946 g/mol. The molecule has 1 unspecified atom stereocenters. The maximum atomic E-state index is 12.1. The minimum atomic E-state index is -0.0623. The summed E-state index contributed by atoms with van der Waals surface area (Å²) in [4.78, 5) is 28.0. The Morgan fingerprint density at radius 2 is 1.33 bits per heavy atom. The van der Waals surface area contributed by atoms with E-state index in [1.807, 2.05) is 19.2 Å². The fraction of sp³-hybridized carbons (Fsp3) is 0.311. The number of esters is 1. The van der Waals surface area contributed by atoms with Gasteiger partial charge in [0.1, 0.15) is 6.61 Å². The van der Waals surface area contributed by atoms with Crippen LogP contribution in [0, 0.1) is 53.4 Å². The summed E-state index contributed by atoms with van der Waals surface area (Å²) in [6.07, 6.45) is 2.80. The SMILES string of the molecule is CCOC(=O)[C@@H]1C2c3cnc(OCc4cccc(-c5c(C)cccc5C)c4C)cc3C[C@H]21.Cc1cccc(C)c1-c1cccc(CBr)c1C.O=[C-]OO.[Ag+].[Ag]. The molecule has 2 aliphatic rings. The predicted octanol–water partition coefficient (Wildman–Crippen LogP) is 10.4. The summed E-state index contributed by atoms with van der Waals surface area (Å²) in [6.45, 7) is 16.6. The number of ether oxygens (including phenoxy) is 2. The largest absolute Gasteiger partial charge is 1.00 e. The standard InChI is InChI=1S/C28H29NO3.C16H17Br.CHO3.2Ag/c1-5-31-28(30)27-22-12-20-13-24(29-14-23(20)26(22)27)32-15-19-10-7-11-21(18(19)4)25-16(2)8-6-9-17(25)3;1-11-6-4-7-12(2)16(11)15-9-5-8-14(10-17)13(15)3;2-1-4-3;;/h6-11,13-14,22,26-27H,5,12,15H2,1-4H3;4-9H,10H2,1-3H3;3H;;/q;;-1;;+1/t22-,26?,27+;;;;/m1..../s1. The Morgan fingerprint density at radius 1 is 0.836 bits per heavy atom. The summed E-state index contributed by atoms with van der Waals surface area (Å²) in [5.74, 6) is 1.26. The molecule has 1 aromatic heterocycles. The van der Waals surface area contributed by atoms with Gasteiger partial charge in [-0.3, -0.25) is 4.79 Å². The molecule has 2 aliphatic carbocycles. The average Bonchev–Trinajstić information content (AvgIpc) is 3.74. The van der Waals surface area contributed by atoms with Crippen LogP contribution in [-0.2, 0) is 82.3 Å². The van der Waals surface area contributed by atoms with Crippen molar-refractivity contribution in [2.75, 3.05) is 6.61 Å². The summed E-state index contributed by atoms with van der Waals surface area (Å²) < 4.78 is 11.3. The molecule has 10 heteroatoms. The van der Waals surface area contributed by atoms with Gasteiger partial charge in [0.25, 0.3) is 0 Å². The Balaban J connectivity index is 0.000000299. The molecule has 1 fully saturated rings. The van der Waals surface area contributed by atoms with Crippen molar-refractivity contribution in [1.29, 1.82) is 0 Å². The van der Waals surface area contributed by atoms with Gasteiger partial charge in [0.05, 0.1) is 12.5 Å². The van der Waals surface area contributed by atoms with E-state index in [4.69, 9.17) is 19.5 Å². The molecule has 5 aromatic rings. The second kappa shape index (κ2) is 21.3. The maximum absolute atomic E-state index is 12.1. The third-order valence-corrected chi connectivity index (χ3v) is 11.1. The summed E-state index contributed by atoms with van der Waals surface area (Å²) in [5, 5.41) is 7.87. The van der Waals surface area contributed by atoms with Crippen molar-refractivity contribution in [3.63, 3.8) is 0 Å². The smallest absolute Gasteiger partial charge is 0.509 e. The molecule has 7 rings (SSSR count). The van der Waals surface area contributed by atoms with Crippen LogP contribution in [0.3, 0.4) is 0 Å². The quantitative estimate of drug-likeness (QED) is 0.0393. The molecule has 0 amide bonds. The number of aryl methyl sites for hydroxylation is 4. The van der Waals surface area contributed by atoms with E-state index in [0.29, 0.717) is 25.0 Å². The van der Waals surface area contributed by atoms with E-state index in [0.717, 1.165) is 23.8 Å². The Morgan fingerprint density at radius 3 is 1.82 bits per heavy atom. The van der Waals surface area contributed by atoms with Crippen LogP contribution in [0.15, 0.2) is 85.1 Å². The normalized spacial score (nSPS) is 15.5. The number of alkyl halides is 1. The minimum Gasteiger partial charge on any atom is -0.509 e. The van der Waals surface area contributed by atoms with Gasteiger partial charge in [0, 0.05) is 45.9 Å². The van der Waals surface area contributed by atoms with Crippen molar-refractivity contribution in [1.82, 2.24) is 4.98 Å². The Kier molecular flexibility index (Phi) is 17.8. The fourth-order valence-electron chi connectivity index (χ4n) is 7.75.